The normalized spacial score (nSPS) is 20.1. The van der Waals surface area contributed by atoms with Gasteiger partial charge in [0.2, 0.25) is 0 Å². The first kappa shape index (κ1) is 17.7. The van der Waals surface area contributed by atoms with Gasteiger partial charge in [-0.2, -0.15) is 0 Å². The fourth-order valence-corrected chi connectivity index (χ4v) is 3.63. The van der Waals surface area contributed by atoms with Gasteiger partial charge < -0.3 is 10.4 Å². The van der Waals surface area contributed by atoms with Gasteiger partial charge in [-0.1, -0.05) is 20.3 Å². The Kier molecular flexibility index (Phi) is 6.35. The summed E-state index contributed by atoms with van der Waals surface area (Å²) in [6.45, 7) is 4.82. The Bertz CT molecular complexity index is 543. The van der Waals surface area contributed by atoms with Crippen molar-refractivity contribution < 1.29 is 14.7 Å². The molecule has 23 heavy (non-hydrogen) atoms. The van der Waals surface area contributed by atoms with Crippen LogP contribution in [0.5, 0.6) is 0 Å². The van der Waals surface area contributed by atoms with Crippen molar-refractivity contribution in [3.8, 4) is 0 Å². The zero-order valence-corrected chi connectivity index (χ0v) is 14.4. The van der Waals surface area contributed by atoms with Crippen LogP contribution in [0.1, 0.15) is 38.0 Å². The van der Waals surface area contributed by atoms with Crippen LogP contribution < -0.4 is 10.6 Å². The highest BCUT2D eigenvalue weighted by Crippen LogP contribution is 2.26. The third kappa shape index (κ3) is 5.18. The number of urea groups is 1. The number of nitrogens with zero attached hydrogens (tertiary/aromatic N) is 2. The van der Waals surface area contributed by atoms with Gasteiger partial charge in [0.1, 0.15) is 0 Å². The van der Waals surface area contributed by atoms with Crippen LogP contribution in [-0.4, -0.2) is 52.2 Å². The maximum absolute atomic E-state index is 11.9. The van der Waals surface area contributed by atoms with Crippen LogP contribution in [-0.2, 0) is 11.2 Å². The SMILES string of the molecule is CCCc1cnc(NC(=O)NC2CC(N(CC)CC(=O)O)C2)s1. The average molecular weight is 340 g/mol. The third-order valence-corrected chi connectivity index (χ3v) is 4.95. The third-order valence-electron chi connectivity index (χ3n) is 3.98. The first-order chi connectivity index (χ1) is 11.0. The Morgan fingerprint density at radius 3 is 2.78 bits per heavy atom. The minimum Gasteiger partial charge on any atom is -0.480 e. The number of anilines is 1. The number of aliphatic carboxylic acids is 1. The van der Waals surface area contributed by atoms with E-state index in [1.807, 2.05) is 11.8 Å². The summed E-state index contributed by atoms with van der Waals surface area (Å²) in [7, 11) is 0. The number of hydrogen-bond acceptors (Lipinski definition) is 5. The van der Waals surface area contributed by atoms with E-state index in [1.54, 1.807) is 6.20 Å². The van der Waals surface area contributed by atoms with Crippen LogP contribution in [0.25, 0.3) is 0 Å². The summed E-state index contributed by atoms with van der Waals surface area (Å²) in [6.07, 6.45) is 5.40. The molecule has 1 aliphatic rings. The summed E-state index contributed by atoms with van der Waals surface area (Å²) in [4.78, 5) is 30.0. The van der Waals surface area contributed by atoms with Crippen LogP contribution >= 0.6 is 11.3 Å². The molecule has 8 heteroatoms. The maximum atomic E-state index is 11.9. The molecule has 2 rings (SSSR count). The van der Waals surface area contributed by atoms with Crippen LogP contribution in [0.2, 0.25) is 0 Å². The number of thiazole rings is 1. The zero-order valence-electron chi connectivity index (χ0n) is 13.5. The minimum absolute atomic E-state index is 0.0550. The lowest BCUT2D eigenvalue weighted by Crippen LogP contribution is -2.55. The van der Waals surface area contributed by atoms with Crippen molar-refractivity contribution in [3.63, 3.8) is 0 Å². The van der Waals surface area contributed by atoms with Crippen molar-refractivity contribution in [2.45, 2.75) is 51.6 Å². The molecule has 128 valence electrons. The molecule has 1 heterocycles. The van der Waals surface area contributed by atoms with Gasteiger partial charge in [0, 0.05) is 23.2 Å². The average Bonchev–Trinajstić information content (AvgIpc) is 2.87. The molecule has 1 fully saturated rings. The second-order valence-electron chi connectivity index (χ2n) is 5.76. The zero-order chi connectivity index (χ0) is 16.8. The summed E-state index contributed by atoms with van der Waals surface area (Å²) in [6, 6.07) is 0.0856. The van der Waals surface area contributed by atoms with E-state index >= 15 is 0 Å². The van der Waals surface area contributed by atoms with E-state index in [0.29, 0.717) is 11.7 Å². The molecule has 0 spiro atoms. The van der Waals surface area contributed by atoms with E-state index in [-0.39, 0.29) is 24.7 Å². The molecule has 0 unspecified atom stereocenters. The Balaban J connectivity index is 1.72. The molecule has 2 amide bonds. The van der Waals surface area contributed by atoms with Crippen molar-refractivity contribution in [1.29, 1.82) is 0 Å². The van der Waals surface area contributed by atoms with Gasteiger partial charge in [0.15, 0.2) is 5.13 Å². The molecule has 0 radical (unpaired) electrons. The summed E-state index contributed by atoms with van der Waals surface area (Å²) in [5.74, 6) is -0.812. The standard InChI is InChI=1S/C15H24N4O3S/c1-3-5-12-8-16-15(23-12)18-14(22)17-10-6-11(7-10)19(4-2)9-13(20)21/h8,10-11H,3-7,9H2,1-2H3,(H,20,21)(H2,16,17,18,22). The summed E-state index contributed by atoms with van der Waals surface area (Å²) < 4.78 is 0. The number of carbonyl (C=O) groups excluding carboxylic acids is 1. The number of carboxylic acid groups (broad SMARTS) is 1. The van der Waals surface area contributed by atoms with Gasteiger partial charge in [0.05, 0.1) is 6.54 Å². The van der Waals surface area contributed by atoms with Crippen LogP contribution in [0.15, 0.2) is 6.20 Å². The number of carbonyl (C=O) groups is 2. The van der Waals surface area contributed by atoms with Gasteiger partial charge in [-0.15, -0.1) is 11.3 Å². The first-order valence-electron chi connectivity index (χ1n) is 7.99. The molecule has 0 saturated heterocycles. The first-order valence-corrected chi connectivity index (χ1v) is 8.81. The largest absolute Gasteiger partial charge is 0.480 e. The second kappa shape index (κ2) is 8.26. The van der Waals surface area contributed by atoms with E-state index in [0.717, 1.165) is 25.7 Å². The lowest BCUT2D eigenvalue weighted by Gasteiger charge is -2.42. The monoisotopic (exact) mass is 340 g/mol. The summed E-state index contributed by atoms with van der Waals surface area (Å²) in [5.41, 5.74) is 0. The Hall–Kier alpha value is -1.67. The topological polar surface area (TPSA) is 94.6 Å². The number of aromatic nitrogens is 1. The van der Waals surface area contributed by atoms with E-state index in [1.165, 1.54) is 16.2 Å². The molecule has 0 aromatic carbocycles. The Morgan fingerprint density at radius 1 is 1.43 bits per heavy atom. The molecular formula is C15H24N4O3S. The quantitative estimate of drug-likeness (QED) is 0.674. The Labute approximate surface area is 140 Å². The van der Waals surface area contributed by atoms with Crippen molar-refractivity contribution in [3.05, 3.63) is 11.1 Å². The van der Waals surface area contributed by atoms with Crippen LogP contribution in [0, 0.1) is 0 Å². The molecule has 1 aromatic rings. The van der Waals surface area contributed by atoms with E-state index in [4.69, 9.17) is 5.11 Å². The molecule has 0 aliphatic heterocycles. The molecule has 1 aliphatic carbocycles. The highest BCUT2D eigenvalue weighted by atomic mass is 32.1. The van der Waals surface area contributed by atoms with Crippen LogP contribution in [0.3, 0.4) is 0 Å². The number of rotatable bonds is 8. The predicted octanol–water partition coefficient (Wildman–Crippen LogP) is 2.15. The second-order valence-corrected chi connectivity index (χ2v) is 6.87. The number of hydrogen-bond donors (Lipinski definition) is 3. The van der Waals surface area contributed by atoms with E-state index in [2.05, 4.69) is 22.5 Å². The number of nitrogens with one attached hydrogen (secondary N) is 2. The Morgan fingerprint density at radius 2 is 2.17 bits per heavy atom. The van der Waals surface area contributed by atoms with Gasteiger partial charge in [-0.05, 0) is 25.8 Å². The van der Waals surface area contributed by atoms with Crippen molar-refractivity contribution in [1.82, 2.24) is 15.2 Å². The van der Waals surface area contributed by atoms with Crippen LogP contribution in [0.4, 0.5) is 9.93 Å². The molecular weight excluding hydrogens is 316 g/mol. The van der Waals surface area contributed by atoms with Crippen molar-refractivity contribution in [2.24, 2.45) is 0 Å². The molecule has 0 bridgehead atoms. The van der Waals surface area contributed by atoms with E-state index < -0.39 is 5.97 Å². The molecule has 1 aromatic heterocycles. The fraction of sp³-hybridized carbons (Fsp3) is 0.667. The molecule has 0 atom stereocenters. The van der Waals surface area contributed by atoms with Gasteiger partial charge in [0.25, 0.3) is 0 Å². The number of carboxylic acids is 1. The van der Waals surface area contributed by atoms with E-state index in [9.17, 15) is 9.59 Å². The number of aryl methyl sites for hydroxylation is 1. The van der Waals surface area contributed by atoms with Gasteiger partial charge >= 0.3 is 12.0 Å². The molecule has 1 saturated carbocycles. The van der Waals surface area contributed by atoms with Crippen molar-refractivity contribution in [2.75, 3.05) is 18.4 Å². The van der Waals surface area contributed by atoms with Crippen molar-refractivity contribution >= 4 is 28.5 Å². The summed E-state index contributed by atoms with van der Waals surface area (Å²) >= 11 is 1.50. The number of likely N-dealkylation sites (N-methyl/N-ethyl adjacent to an activating group) is 1. The fourth-order valence-electron chi connectivity index (χ4n) is 2.72. The van der Waals surface area contributed by atoms with Gasteiger partial charge in [-0.25, -0.2) is 9.78 Å². The highest BCUT2D eigenvalue weighted by Gasteiger charge is 2.34. The highest BCUT2D eigenvalue weighted by molar-refractivity contribution is 7.15. The number of amides is 2. The smallest absolute Gasteiger partial charge is 0.321 e. The predicted molar refractivity (Wildman–Crippen MR) is 90.0 cm³/mol. The summed E-state index contributed by atoms with van der Waals surface area (Å²) in [5, 5.41) is 15.2. The molecule has 7 nitrogen and oxygen atoms in total. The van der Waals surface area contributed by atoms with Gasteiger partial charge in [-0.3, -0.25) is 15.0 Å². The maximum Gasteiger partial charge on any atom is 0.321 e. The lowest BCUT2D eigenvalue weighted by atomic mass is 9.85. The molecule has 3 N–H and O–H groups in total. The lowest BCUT2D eigenvalue weighted by molar-refractivity contribution is -0.139. The minimum atomic E-state index is -0.812.